The second-order valence-corrected chi connectivity index (χ2v) is 8.65. The van der Waals surface area contributed by atoms with Crippen LogP contribution in [-0.2, 0) is 24.3 Å². The molecule has 0 radical (unpaired) electrons. The predicted octanol–water partition coefficient (Wildman–Crippen LogP) is 0.107. The fourth-order valence-corrected chi connectivity index (χ4v) is 5.02. The highest BCUT2D eigenvalue weighted by Crippen LogP contribution is 2.29. The van der Waals surface area contributed by atoms with E-state index < -0.39 is 22.2 Å². The first-order valence-electron chi connectivity index (χ1n) is 9.06. The molecule has 1 aromatic carbocycles. The largest absolute Gasteiger partial charge is 0.380 e. The molecule has 3 atom stereocenters. The smallest absolute Gasteiger partial charge is 0.240 e. The molecule has 0 bridgehead atoms. The highest BCUT2D eigenvalue weighted by Gasteiger charge is 2.38. The van der Waals surface area contributed by atoms with Gasteiger partial charge in [-0.3, -0.25) is 9.59 Å². The summed E-state index contributed by atoms with van der Waals surface area (Å²) in [6, 6.07) is 7.80. The highest BCUT2D eigenvalue weighted by atomic mass is 32.2. The molecular weight excluding hydrogens is 370 g/mol. The molecule has 1 saturated heterocycles. The maximum Gasteiger partial charge on any atom is 0.240 e. The number of carbonyl (C=O) groups is 2. The normalized spacial score (nSPS) is 26.5. The van der Waals surface area contributed by atoms with E-state index in [-0.39, 0.29) is 29.2 Å². The quantitative estimate of drug-likeness (QED) is 0.736. The van der Waals surface area contributed by atoms with Crippen LogP contribution < -0.4 is 10.0 Å². The number of rotatable bonds is 5. The molecule has 2 amide bonds. The fraction of sp³-hybridized carbons (Fsp3) is 0.556. The minimum atomic E-state index is -3.65. The number of hydrogen-bond donors (Lipinski definition) is 2. The number of nitrogens with one attached hydrogen (secondary N) is 2. The third-order valence-electron chi connectivity index (χ3n) is 5.15. The van der Waals surface area contributed by atoms with Crippen LogP contribution in [0.3, 0.4) is 0 Å². The molecule has 1 heterocycles. The molecule has 1 saturated carbocycles. The van der Waals surface area contributed by atoms with E-state index in [1.807, 2.05) is 0 Å². The van der Waals surface area contributed by atoms with E-state index in [4.69, 9.17) is 4.74 Å². The molecule has 148 valence electrons. The van der Waals surface area contributed by atoms with E-state index in [2.05, 4.69) is 10.0 Å². The summed E-state index contributed by atoms with van der Waals surface area (Å²) >= 11 is 0. The fourth-order valence-electron chi connectivity index (χ4n) is 3.70. The molecule has 0 unspecified atom stereocenters. The molecule has 0 spiro atoms. The Morgan fingerprint density at radius 1 is 1.26 bits per heavy atom. The van der Waals surface area contributed by atoms with E-state index >= 15 is 0 Å². The Bertz CT molecular complexity index is 783. The lowest BCUT2D eigenvalue weighted by atomic mass is 9.83. The Kier molecular flexibility index (Phi) is 6.13. The van der Waals surface area contributed by atoms with Crippen LogP contribution in [0.1, 0.15) is 19.3 Å². The highest BCUT2D eigenvalue weighted by molar-refractivity contribution is 7.89. The lowest BCUT2D eigenvalue weighted by molar-refractivity contribution is -0.143. The van der Waals surface area contributed by atoms with Gasteiger partial charge in [-0.25, -0.2) is 13.1 Å². The number of amides is 2. The number of piperazine rings is 1. The Morgan fingerprint density at radius 3 is 2.67 bits per heavy atom. The van der Waals surface area contributed by atoms with Gasteiger partial charge in [-0.05, 0) is 31.4 Å². The Balaban J connectivity index is 1.64. The van der Waals surface area contributed by atoms with Crippen LogP contribution in [0.2, 0.25) is 0 Å². The van der Waals surface area contributed by atoms with Crippen molar-refractivity contribution in [1.82, 2.24) is 14.9 Å². The van der Waals surface area contributed by atoms with Gasteiger partial charge in [0.1, 0.15) is 0 Å². The van der Waals surface area contributed by atoms with E-state index in [1.54, 1.807) is 35.2 Å². The summed E-state index contributed by atoms with van der Waals surface area (Å²) in [5.74, 6) is -0.475. The van der Waals surface area contributed by atoms with Gasteiger partial charge in [-0.15, -0.1) is 0 Å². The number of sulfonamides is 1. The predicted molar refractivity (Wildman–Crippen MR) is 98.3 cm³/mol. The van der Waals surface area contributed by atoms with Gasteiger partial charge in [0, 0.05) is 32.2 Å². The van der Waals surface area contributed by atoms with Gasteiger partial charge in [0.15, 0.2) is 0 Å². The van der Waals surface area contributed by atoms with Crippen LogP contribution in [0.15, 0.2) is 35.2 Å². The van der Waals surface area contributed by atoms with Crippen molar-refractivity contribution in [2.75, 3.05) is 26.7 Å². The summed E-state index contributed by atoms with van der Waals surface area (Å²) in [5, 5.41) is 2.70. The third kappa shape index (κ3) is 4.66. The van der Waals surface area contributed by atoms with Crippen LogP contribution >= 0.6 is 0 Å². The molecule has 0 aromatic heterocycles. The van der Waals surface area contributed by atoms with Crippen molar-refractivity contribution in [1.29, 1.82) is 0 Å². The van der Waals surface area contributed by atoms with Crippen molar-refractivity contribution in [2.45, 2.75) is 36.3 Å². The minimum absolute atomic E-state index is 0.0590. The molecule has 9 heteroatoms. The maximum absolute atomic E-state index is 12.7. The third-order valence-corrected chi connectivity index (χ3v) is 6.66. The lowest BCUT2D eigenvalue weighted by Gasteiger charge is -2.37. The van der Waals surface area contributed by atoms with Crippen molar-refractivity contribution in [3.05, 3.63) is 30.3 Å². The second-order valence-electron chi connectivity index (χ2n) is 6.93. The topological polar surface area (TPSA) is 105 Å². The van der Waals surface area contributed by atoms with Gasteiger partial charge in [-0.2, -0.15) is 0 Å². The van der Waals surface area contributed by atoms with Crippen LogP contribution in [0.5, 0.6) is 0 Å². The van der Waals surface area contributed by atoms with Crippen LogP contribution in [0.4, 0.5) is 0 Å². The summed E-state index contributed by atoms with van der Waals surface area (Å²) in [7, 11) is -2.12. The first-order valence-corrected chi connectivity index (χ1v) is 10.5. The molecule has 8 nitrogen and oxygen atoms in total. The van der Waals surface area contributed by atoms with E-state index in [9.17, 15) is 18.0 Å². The van der Waals surface area contributed by atoms with Crippen molar-refractivity contribution in [2.24, 2.45) is 5.92 Å². The van der Waals surface area contributed by atoms with Gasteiger partial charge < -0.3 is 15.0 Å². The number of methoxy groups -OCH3 is 1. The SMILES string of the molecule is CO[C@H]1C[C@@H](C(=O)N2CCNC(=O)C2)CC[C@@H]1NS(=O)(=O)c1ccccc1. The molecule has 3 rings (SSSR count). The van der Waals surface area contributed by atoms with E-state index in [1.165, 1.54) is 7.11 Å². The van der Waals surface area contributed by atoms with Gasteiger partial charge in [0.2, 0.25) is 21.8 Å². The number of benzene rings is 1. The van der Waals surface area contributed by atoms with Gasteiger partial charge in [0.05, 0.1) is 17.5 Å². The summed E-state index contributed by atoms with van der Waals surface area (Å²) in [5.41, 5.74) is 0. The summed E-state index contributed by atoms with van der Waals surface area (Å²) in [6.07, 6.45) is 1.08. The first kappa shape index (κ1) is 19.8. The zero-order valence-electron chi connectivity index (χ0n) is 15.3. The first-order chi connectivity index (χ1) is 12.9. The average Bonchev–Trinajstić information content (AvgIpc) is 2.68. The van der Waals surface area contributed by atoms with Gasteiger partial charge >= 0.3 is 0 Å². The number of nitrogens with zero attached hydrogens (tertiary/aromatic N) is 1. The van der Waals surface area contributed by atoms with E-state index in [0.717, 1.165) is 0 Å². The number of hydrogen-bond acceptors (Lipinski definition) is 5. The lowest BCUT2D eigenvalue weighted by Crippen LogP contribution is -2.54. The Hall–Kier alpha value is -1.97. The summed E-state index contributed by atoms with van der Waals surface area (Å²) in [6.45, 7) is 1.05. The van der Waals surface area contributed by atoms with Crippen LogP contribution in [0.25, 0.3) is 0 Å². The van der Waals surface area contributed by atoms with Crippen molar-refractivity contribution >= 4 is 21.8 Å². The van der Waals surface area contributed by atoms with E-state index in [0.29, 0.717) is 32.4 Å². The molecular formula is C18H25N3O5S. The van der Waals surface area contributed by atoms with Crippen LogP contribution in [0, 0.1) is 5.92 Å². The van der Waals surface area contributed by atoms with Gasteiger partial charge in [0.25, 0.3) is 0 Å². The zero-order chi connectivity index (χ0) is 19.4. The zero-order valence-corrected chi connectivity index (χ0v) is 16.1. The average molecular weight is 395 g/mol. The molecule has 27 heavy (non-hydrogen) atoms. The molecule has 2 fully saturated rings. The molecule has 1 aliphatic heterocycles. The van der Waals surface area contributed by atoms with Crippen LogP contribution in [-0.4, -0.2) is 64.0 Å². The number of ether oxygens (including phenoxy) is 1. The molecule has 2 aliphatic rings. The molecule has 2 N–H and O–H groups in total. The standard InChI is InChI=1S/C18H25N3O5S/c1-26-16-11-13(18(23)21-10-9-19-17(22)12-21)7-8-15(16)20-27(24,25)14-5-3-2-4-6-14/h2-6,13,15-16,20H,7-12H2,1H3,(H,19,22)/t13-,15-,16-/m0/s1. The second kappa shape index (κ2) is 8.37. The van der Waals surface area contributed by atoms with Crippen molar-refractivity contribution < 1.29 is 22.7 Å². The summed E-state index contributed by atoms with van der Waals surface area (Å²) < 4.78 is 33.4. The molecule has 1 aliphatic carbocycles. The van der Waals surface area contributed by atoms with Crippen molar-refractivity contribution in [3.63, 3.8) is 0 Å². The van der Waals surface area contributed by atoms with Gasteiger partial charge in [-0.1, -0.05) is 18.2 Å². The summed E-state index contributed by atoms with van der Waals surface area (Å²) in [4.78, 5) is 26.0. The molecule has 1 aromatic rings. The Labute approximate surface area is 159 Å². The minimum Gasteiger partial charge on any atom is -0.380 e. The monoisotopic (exact) mass is 395 g/mol. The number of carbonyl (C=O) groups excluding carboxylic acids is 2. The maximum atomic E-state index is 12.7. The van der Waals surface area contributed by atoms with Crippen molar-refractivity contribution in [3.8, 4) is 0 Å². The Morgan fingerprint density at radius 2 is 2.00 bits per heavy atom.